The van der Waals surface area contributed by atoms with E-state index in [4.69, 9.17) is 14.2 Å². The van der Waals surface area contributed by atoms with Crippen molar-refractivity contribution in [2.75, 3.05) is 13.2 Å². The van der Waals surface area contributed by atoms with Crippen molar-refractivity contribution in [1.29, 1.82) is 0 Å². The standard InChI is InChI=1S/C23H36O4/c1-15(24)27-17-6-9-21(2)16(14-17)4-5-18-19(21)7-10-22(3)20(18)8-11-23(22)25-12-13-26-23/h16-20H,4-14H2,1-3H3/t16-,17+,18-,19+,20-,21+,22-/m1/s1. The molecule has 0 aromatic heterocycles. The molecule has 1 saturated heterocycles. The van der Waals surface area contributed by atoms with Gasteiger partial charge in [0.05, 0.1) is 13.2 Å². The van der Waals surface area contributed by atoms with E-state index in [0.29, 0.717) is 5.41 Å². The van der Waals surface area contributed by atoms with Crippen LogP contribution in [0.15, 0.2) is 0 Å². The van der Waals surface area contributed by atoms with E-state index in [1.54, 1.807) is 6.92 Å². The summed E-state index contributed by atoms with van der Waals surface area (Å²) in [6, 6.07) is 0. The number of hydrogen-bond donors (Lipinski definition) is 0. The van der Waals surface area contributed by atoms with E-state index in [2.05, 4.69) is 13.8 Å². The van der Waals surface area contributed by atoms with E-state index in [-0.39, 0.29) is 23.3 Å². The minimum Gasteiger partial charge on any atom is -0.463 e. The zero-order valence-electron chi connectivity index (χ0n) is 17.3. The summed E-state index contributed by atoms with van der Waals surface area (Å²) in [5, 5.41) is 0. The first-order chi connectivity index (χ1) is 12.9. The fourth-order valence-electron chi connectivity index (χ4n) is 8.45. The lowest BCUT2D eigenvalue weighted by molar-refractivity contribution is -0.248. The molecule has 1 spiro atoms. The molecular formula is C23H36O4. The van der Waals surface area contributed by atoms with Crippen LogP contribution in [-0.2, 0) is 19.0 Å². The second-order valence-electron chi connectivity index (χ2n) is 10.6. The molecule has 4 aliphatic carbocycles. The van der Waals surface area contributed by atoms with E-state index in [9.17, 15) is 4.79 Å². The van der Waals surface area contributed by atoms with E-state index < -0.39 is 0 Å². The third-order valence-corrected chi connectivity index (χ3v) is 9.75. The fourth-order valence-corrected chi connectivity index (χ4v) is 8.45. The summed E-state index contributed by atoms with van der Waals surface area (Å²) in [4.78, 5) is 11.4. The molecule has 0 radical (unpaired) electrons. The minimum atomic E-state index is -0.284. The van der Waals surface area contributed by atoms with Crippen molar-refractivity contribution in [2.24, 2.45) is 34.5 Å². The highest BCUT2D eigenvalue weighted by Gasteiger charge is 2.67. The van der Waals surface area contributed by atoms with Crippen molar-refractivity contribution in [3.8, 4) is 0 Å². The van der Waals surface area contributed by atoms with Crippen LogP contribution in [0.4, 0.5) is 0 Å². The van der Waals surface area contributed by atoms with E-state index in [1.165, 1.54) is 38.5 Å². The monoisotopic (exact) mass is 376 g/mol. The predicted octanol–water partition coefficient (Wildman–Crippen LogP) is 4.70. The van der Waals surface area contributed by atoms with Crippen molar-refractivity contribution in [2.45, 2.75) is 90.4 Å². The van der Waals surface area contributed by atoms with Gasteiger partial charge in [0.25, 0.3) is 0 Å². The van der Waals surface area contributed by atoms with Gasteiger partial charge in [-0.1, -0.05) is 13.8 Å². The van der Waals surface area contributed by atoms with Gasteiger partial charge in [0.15, 0.2) is 5.79 Å². The van der Waals surface area contributed by atoms with Crippen molar-refractivity contribution < 1.29 is 19.0 Å². The maximum Gasteiger partial charge on any atom is 0.302 e. The topological polar surface area (TPSA) is 44.8 Å². The molecule has 0 unspecified atom stereocenters. The van der Waals surface area contributed by atoms with Crippen LogP contribution in [-0.4, -0.2) is 31.1 Å². The quantitative estimate of drug-likeness (QED) is 0.622. The van der Waals surface area contributed by atoms with Crippen LogP contribution in [0.25, 0.3) is 0 Å². The van der Waals surface area contributed by atoms with Gasteiger partial charge in [-0.3, -0.25) is 4.79 Å². The molecule has 5 fully saturated rings. The highest BCUT2D eigenvalue weighted by Crippen LogP contribution is 2.69. The number of rotatable bonds is 1. The Kier molecular flexibility index (Phi) is 4.22. The van der Waals surface area contributed by atoms with E-state index in [1.807, 2.05) is 0 Å². The van der Waals surface area contributed by atoms with Gasteiger partial charge >= 0.3 is 5.97 Å². The lowest BCUT2D eigenvalue weighted by Crippen LogP contribution is -2.57. The number of esters is 1. The van der Waals surface area contributed by atoms with Gasteiger partial charge in [0.1, 0.15) is 6.10 Å². The summed E-state index contributed by atoms with van der Waals surface area (Å²) in [6.45, 7) is 8.13. The Labute approximate surface area is 163 Å². The van der Waals surface area contributed by atoms with Gasteiger partial charge in [-0.2, -0.15) is 0 Å². The van der Waals surface area contributed by atoms with Gasteiger partial charge in [-0.05, 0) is 80.5 Å². The molecular weight excluding hydrogens is 340 g/mol. The van der Waals surface area contributed by atoms with Crippen LogP contribution in [0, 0.1) is 34.5 Å². The normalized spacial score (nSPS) is 50.7. The summed E-state index contributed by atoms with van der Waals surface area (Å²) in [7, 11) is 0. The van der Waals surface area contributed by atoms with Crippen LogP contribution in [0.2, 0.25) is 0 Å². The first-order valence-electron chi connectivity index (χ1n) is 11.3. The van der Waals surface area contributed by atoms with Crippen LogP contribution in [0.3, 0.4) is 0 Å². The van der Waals surface area contributed by atoms with Crippen molar-refractivity contribution in [3.05, 3.63) is 0 Å². The van der Waals surface area contributed by atoms with Crippen LogP contribution in [0.1, 0.15) is 78.6 Å². The number of carbonyl (C=O) groups excluding carboxylic acids is 1. The minimum absolute atomic E-state index is 0.112. The molecule has 27 heavy (non-hydrogen) atoms. The van der Waals surface area contributed by atoms with E-state index >= 15 is 0 Å². The maximum atomic E-state index is 11.4. The molecule has 0 amide bonds. The molecule has 152 valence electrons. The predicted molar refractivity (Wildman–Crippen MR) is 102 cm³/mol. The third kappa shape index (κ3) is 2.51. The van der Waals surface area contributed by atoms with Gasteiger partial charge in [0, 0.05) is 18.8 Å². The van der Waals surface area contributed by atoms with Gasteiger partial charge in [-0.25, -0.2) is 0 Å². The molecule has 0 aromatic rings. The zero-order valence-corrected chi connectivity index (χ0v) is 17.3. The van der Waals surface area contributed by atoms with Crippen molar-refractivity contribution in [1.82, 2.24) is 0 Å². The molecule has 5 rings (SSSR count). The molecule has 0 bridgehead atoms. The smallest absolute Gasteiger partial charge is 0.302 e. The molecule has 1 aliphatic heterocycles. The number of fused-ring (bicyclic) bond motifs is 6. The molecule has 4 nitrogen and oxygen atoms in total. The van der Waals surface area contributed by atoms with Gasteiger partial charge in [0.2, 0.25) is 0 Å². The Morgan fingerprint density at radius 2 is 1.67 bits per heavy atom. The molecule has 7 atom stereocenters. The summed E-state index contributed by atoms with van der Waals surface area (Å²) >= 11 is 0. The zero-order chi connectivity index (χ0) is 18.9. The summed E-state index contributed by atoms with van der Waals surface area (Å²) in [5.41, 5.74) is 0.622. The molecule has 0 N–H and O–H groups in total. The Bertz CT molecular complexity index is 611. The van der Waals surface area contributed by atoms with Crippen molar-refractivity contribution >= 4 is 5.97 Å². The van der Waals surface area contributed by atoms with E-state index in [0.717, 1.165) is 56.1 Å². The molecule has 0 aromatic carbocycles. The van der Waals surface area contributed by atoms with Crippen LogP contribution >= 0.6 is 0 Å². The average Bonchev–Trinajstić information content (AvgIpc) is 3.21. The van der Waals surface area contributed by atoms with Crippen LogP contribution in [0.5, 0.6) is 0 Å². The summed E-state index contributed by atoms with van der Waals surface area (Å²) in [5.74, 6) is 2.71. The lowest BCUT2D eigenvalue weighted by atomic mass is 9.45. The first-order valence-corrected chi connectivity index (χ1v) is 11.3. The number of ether oxygens (including phenoxy) is 3. The molecule has 5 aliphatic rings. The molecule has 4 heteroatoms. The second kappa shape index (κ2) is 6.19. The Morgan fingerprint density at radius 1 is 0.926 bits per heavy atom. The summed E-state index contributed by atoms with van der Waals surface area (Å²) in [6.07, 6.45) is 11.1. The largest absolute Gasteiger partial charge is 0.463 e. The third-order valence-electron chi connectivity index (χ3n) is 9.75. The average molecular weight is 377 g/mol. The van der Waals surface area contributed by atoms with Gasteiger partial charge < -0.3 is 14.2 Å². The highest BCUT2D eigenvalue weighted by molar-refractivity contribution is 5.66. The molecule has 4 saturated carbocycles. The Balaban J connectivity index is 1.37. The molecule has 1 heterocycles. The first kappa shape index (κ1) is 18.4. The van der Waals surface area contributed by atoms with Gasteiger partial charge in [-0.15, -0.1) is 0 Å². The maximum absolute atomic E-state index is 11.4. The Morgan fingerprint density at radius 3 is 2.41 bits per heavy atom. The summed E-state index contributed by atoms with van der Waals surface area (Å²) < 4.78 is 18.1. The Hall–Kier alpha value is -0.610. The number of carbonyl (C=O) groups is 1. The highest BCUT2D eigenvalue weighted by atomic mass is 16.7. The lowest BCUT2D eigenvalue weighted by Gasteiger charge is -2.61. The fraction of sp³-hybridized carbons (Fsp3) is 0.957. The second-order valence-corrected chi connectivity index (χ2v) is 10.6. The van der Waals surface area contributed by atoms with Crippen molar-refractivity contribution in [3.63, 3.8) is 0 Å². The number of hydrogen-bond acceptors (Lipinski definition) is 4. The SMILES string of the molecule is CC(=O)O[C@H]1CC[C@@]2(C)[C@H](CC[C@H]3[C@H]4CCC5(OCCO5)[C@]4(C)CC[C@@H]32)C1. The van der Waals surface area contributed by atoms with Crippen LogP contribution < -0.4 is 0 Å².